The number of rotatable bonds is 3. The third-order valence-corrected chi connectivity index (χ3v) is 2.16. The zero-order chi connectivity index (χ0) is 11.5. The Kier molecular flexibility index (Phi) is 3.86. The van der Waals surface area contributed by atoms with Gasteiger partial charge in [0, 0.05) is 6.20 Å². The summed E-state index contributed by atoms with van der Waals surface area (Å²) in [4.78, 5) is 4.30. The first kappa shape index (κ1) is 12.2. The molecule has 15 heavy (non-hydrogen) atoms. The zero-order valence-electron chi connectivity index (χ0n) is 10.4. The van der Waals surface area contributed by atoms with Crippen molar-refractivity contribution in [1.29, 1.82) is 0 Å². The van der Waals surface area contributed by atoms with E-state index in [-0.39, 0.29) is 5.60 Å². The number of hydrogen-bond acceptors (Lipinski definition) is 2. The fourth-order valence-electron chi connectivity index (χ4n) is 1.23. The molecule has 0 spiro atoms. The highest BCUT2D eigenvalue weighted by molar-refractivity contribution is 5.19. The molecular weight excluding hydrogens is 186 g/mol. The summed E-state index contributed by atoms with van der Waals surface area (Å²) >= 11 is 0. The van der Waals surface area contributed by atoms with Crippen LogP contribution in [0.25, 0.3) is 0 Å². The average molecular weight is 207 g/mol. The number of pyridine rings is 1. The molecule has 0 bridgehead atoms. The average Bonchev–Trinajstić information content (AvgIpc) is 2.14. The Balaban J connectivity index is 2.66. The summed E-state index contributed by atoms with van der Waals surface area (Å²) in [5.41, 5.74) is 2.23. The summed E-state index contributed by atoms with van der Waals surface area (Å²) in [6, 6.07) is 4.18. The van der Waals surface area contributed by atoms with Crippen LogP contribution in [0.3, 0.4) is 0 Å². The highest BCUT2D eigenvalue weighted by atomic mass is 16.5. The first-order chi connectivity index (χ1) is 6.88. The van der Waals surface area contributed by atoms with E-state index in [0.717, 1.165) is 5.69 Å². The van der Waals surface area contributed by atoms with Crippen molar-refractivity contribution in [2.24, 2.45) is 0 Å². The molecule has 0 aliphatic carbocycles. The number of aromatic nitrogens is 1. The van der Waals surface area contributed by atoms with Gasteiger partial charge in [0.25, 0.3) is 0 Å². The minimum absolute atomic E-state index is 0.102. The number of nitrogens with zero attached hydrogens (tertiary/aromatic N) is 1. The van der Waals surface area contributed by atoms with Crippen molar-refractivity contribution in [3.8, 4) is 0 Å². The van der Waals surface area contributed by atoms with Crippen molar-refractivity contribution in [2.75, 3.05) is 0 Å². The quantitative estimate of drug-likeness (QED) is 0.756. The SMILES string of the molecule is CC(C)c1ccnc(COC(C)(C)C)c1. The van der Waals surface area contributed by atoms with Crippen LogP contribution < -0.4 is 0 Å². The lowest BCUT2D eigenvalue weighted by Crippen LogP contribution is -2.19. The monoisotopic (exact) mass is 207 g/mol. The Morgan fingerprint density at radius 1 is 1.33 bits per heavy atom. The maximum absolute atomic E-state index is 5.69. The lowest BCUT2D eigenvalue weighted by atomic mass is 10.0. The lowest BCUT2D eigenvalue weighted by Gasteiger charge is -2.19. The van der Waals surface area contributed by atoms with Gasteiger partial charge in [-0.25, -0.2) is 0 Å². The van der Waals surface area contributed by atoms with E-state index in [1.54, 1.807) is 0 Å². The van der Waals surface area contributed by atoms with Gasteiger partial charge >= 0.3 is 0 Å². The summed E-state index contributed by atoms with van der Waals surface area (Å²) in [5.74, 6) is 0.543. The van der Waals surface area contributed by atoms with Crippen LogP contribution in [0.2, 0.25) is 0 Å². The van der Waals surface area contributed by atoms with Gasteiger partial charge in [0.1, 0.15) is 0 Å². The van der Waals surface area contributed by atoms with E-state index in [1.165, 1.54) is 5.56 Å². The molecule has 0 saturated heterocycles. The Bertz CT molecular complexity index is 313. The van der Waals surface area contributed by atoms with Crippen LogP contribution in [0.5, 0.6) is 0 Å². The first-order valence-corrected chi connectivity index (χ1v) is 5.47. The van der Waals surface area contributed by atoms with Crippen molar-refractivity contribution in [3.63, 3.8) is 0 Å². The minimum Gasteiger partial charge on any atom is -0.370 e. The van der Waals surface area contributed by atoms with E-state index >= 15 is 0 Å². The van der Waals surface area contributed by atoms with Crippen LogP contribution in [-0.2, 0) is 11.3 Å². The number of ether oxygens (including phenoxy) is 1. The van der Waals surface area contributed by atoms with Crippen molar-refractivity contribution in [1.82, 2.24) is 4.98 Å². The molecule has 0 unspecified atom stereocenters. The second-order valence-corrected chi connectivity index (χ2v) is 5.14. The fraction of sp³-hybridized carbons (Fsp3) is 0.615. The van der Waals surface area contributed by atoms with Crippen molar-refractivity contribution < 1.29 is 4.74 Å². The Hall–Kier alpha value is -0.890. The van der Waals surface area contributed by atoms with E-state index < -0.39 is 0 Å². The summed E-state index contributed by atoms with van der Waals surface area (Å²) < 4.78 is 5.69. The van der Waals surface area contributed by atoms with Crippen molar-refractivity contribution in [3.05, 3.63) is 29.6 Å². The normalized spacial score (nSPS) is 12.1. The predicted molar refractivity (Wildman–Crippen MR) is 62.9 cm³/mol. The Morgan fingerprint density at radius 3 is 2.53 bits per heavy atom. The van der Waals surface area contributed by atoms with Gasteiger partial charge in [0.05, 0.1) is 17.9 Å². The van der Waals surface area contributed by atoms with Gasteiger partial charge in [-0.2, -0.15) is 0 Å². The van der Waals surface area contributed by atoms with E-state index in [1.807, 2.05) is 6.20 Å². The van der Waals surface area contributed by atoms with Gasteiger partial charge in [-0.15, -0.1) is 0 Å². The van der Waals surface area contributed by atoms with Gasteiger partial charge in [-0.3, -0.25) is 4.98 Å². The van der Waals surface area contributed by atoms with Gasteiger partial charge in [-0.05, 0) is 44.4 Å². The molecule has 0 saturated carbocycles. The molecule has 0 aliphatic heterocycles. The van der Waals surface area contributed by atoms with E-state index in [4.69, 9.17) is 4.74 Å². The summed E-state index contributed by atoms with van der Waals surface area (Å²) in [6.07, 6.45) is 1.86. The zero-order valence-corrected chi connectivity index (χ0v) is 10.4. The van der Waals surface area contributed by atoms with Gasteiger partial charge < -0.3 is 4.74 Å². The molecule has 0 radical (unpaired) electrons. The van der Waals surface area contributed by atoms with E-state index in [0.29, 0.717) is 12.5 Å². The molecule has 2 nitrogen and oxygen atoms in total. The fourth-order valence-corrected chi connectivity index (χ4v) is 1.23. The first-order valence-electron chi connectivity index (χ1n) is 5.47. The third-order valence-electron chi connectivity index (χ3n) is 2.16. The molecule has 0 atom stereocenters. The highest BCUT2D eigenvalue weighted by Crippen LogP contribution is 2.16. The van der Waals surface area contributed by atoms with Crippen molar-refractivity contribution >= 4 is 0 Å². The van der Waals surface area contributed by atoms with Gasteiger partial charge in [-0.1, -0.05) is 13.8 Å². The molecule has 2 heteroatoms. The third kappa shape index (κ3) is 4.43. The van der Waals surface area contributed by atoms with Crippen LogP contribution in [0, 0.1) is 0 Å². The minimum atomic E-state index is -0.102. The van der Waals surface area contributed by atoms with Crippen LogP contribution in [0.15, 0.2) is 18.3 Å². The Morgan fingerprint density at radius 2 is 2.00 bits per heavy atom. The molecule has 0 N–H and O–H groups in total. The molecule has 84 valence electrons. The molecule has 0 aromatic carbocycles. The molecule has 1 rings (SSSR count). The lowest BCUT2D eigenvalue weighted by molar-refractivity contribution is -0.0165. The molecule has 0 fully saturated rings. The smallest absolute Gasteiger partial charge is 0.0895 e. The van der Waals surface area contributed by atoms with Gasteiger partial charge in [0.15, 0.2) is 0 Å². The predicted octanol–water partition coefficient (Wildman–Crippen LogP) is 3.52. The molecule has 0 amide bonds. The summed E-state index contributed by atoms with van der Waals surface area (Å²) in [7, 11) is 0. The van der Waals surface area contributed by atoms with Crippen LogP contribution in [-0.4, -0.2) is 10.6 Å². The maximum atomic E-state index is 5.69. The van der Waals surface area contributed by atoms with E-state index in [2.05, 4.69) is 51.7 Å². The molecule has 1 aromatic heterocycles. The second-order valence-electron chi connectivity index (χ2n) is 5.14. The van der Waals surface area contributed by atoms with E-state index in [9.17, 15) is 0 Å². The largest absolute Gasteiger partial charge is 0.370 e. The highest BCUT2D eigenvalue weighted by Gasteiger charge is 2.10. The van der Waals surface area contributed by atoms with Crippen LogP contribution >= 0.6 is 0 Å². The molecular formula is C13H21NO. The second kappa shape index (κ2) is 4.75. The summed E-state index contributed by atoms with van der Waals surface area (Å²) in [6.45, 7) is 11.1. The molecule has 1 heterocycles. The van der Waals surface area contributed by atoms with Gasteiger partial charge in [0.2, 0.25) is 0 Å². The molecule has 0 aliphatic rings. The molecule has 1 aromatic rings. The van der Waals surface area contributed by atoms with Crippen molar-refractivity contribution in [2.45, 2.75) is 52.7 Å². The summed E-state index contributed by atoms with van der Waals surface area (Å²) in [5, 5.41) is 0. The van der Waals surface area contributed by atoms with Crippen LogP contribution in [0.4, 0.5) is 0 Å². The topological polar surface area (TPSA) is 22.1 Å². The maximum Gasteiger partial charge on any atom is 0.0895 e. The Labute approximate surface area is 92.7 Å². The van der Waals surface area contributed by atoms with Crippen LogP contribution in [0.1, 0.15) is 51.8 Å². The standard InChI is InChI=1S/C13H21NO/c1-10(2)11-6-7-14-12(8-11)9-15-13(3,4)5/h6-8,10H,9H2,1-5H3. The number of hydrogen-bond donors (Lipinski definition) is 0.